The fourth-order valence-corrected chi connectivity index (χ4v) is 1.99. The maximum absolute atomic E-state index is 11.5. The van der Waals surface area contributed by atoms with E-state index in [1.165, 1.54) is 17.3 Å². The van der Waals surface area contributed by atoms with E-state index >= 15 is 0 Å². The Balaban J connectivity index is 2.31. The Labute approximate surface area is 107 Å². The van der Waals surface area contributed by atoms with Crippen molar-refractivity contribution < 1.29 is 9.53 Å². The van der Waals surface area contributed by atoms with Gasteiger partial charge in [0.25, 0.3) is 0 Å². The molecule has 17 heavy (non-hydrogen) atoms. The number of nitrogens with one attached hydrogen (secondary N) is 1. The molecular formula is C13H19NO2S. The maximum atomic E-state index is 11.5. The highest BCUT2D eigenvalue weighted by molar-refractivity contribution is 7.99. The second-order valence-corrected chi connectivity index (χ2v) is 4.63. The molecule has 0 bridgehead atoms. The van der Waals surface area contributed by atoms with Crippen molar-refractivity contribution in [3.05, 3.63) is 35.9 Å². The van der Waals surface area contributed by atoms with Gasteiger partial charge in [0.2, 0.25) is 0 Å². The number of carbonyl (C=O) groups is 1. The fraction of sp³-hybridized carbons (Fsp3) is 0.462. The number of carbonyl (C=O) groups excluding carboxylic acids is 1. The molecule has 0 saturated carbocycles. The van der Waals surface area contributed by atoms with Crippen molar-refractivity contribution in [3.63, 3.8) is 0 Å². The zero-order valence-corrected chi connectivity index (χ0v) is 11.1. The molecule has 1 atom stereocenters. The number of rotatable bonds is 7. The van der Waals surface area contributed by atoms with E-state index in [1.807, 2.05) is 31.4 Å². The van der Waals surface area contributed by atoms with Crippen LogP contribution in [0.15, 0.2) is 30.3 Å². The Kier molecular flexibility index (Phi) is 6.74. The number of thioether (sulfide) groups is 1. The van der Waals surface area contributed by atoms with Crippen molar-refractivity contribution in [2.75, 3.05) is 19.4 Å². The Morgan fingerprint density at radius 1 is 1.41 bits per heavy atom. The molecule has 1 aromatic carbocycles. The summed E-state index contributed by atoms with van der Waals surface area (Å²) in [6.45, 7) is 3.67. The van der Waals surface area contributed by atoms with Crippen LogP contribution in [-0.4, -0.2) is 30.6 Å². The molecule has 0 radical (unpaired) electrons. The number of hydrogen-bond acceptors (Lipinski definition) is 4. The number of ether oxygens (including phenoxy) is 1. The smallest absolute Gasteiger partial charge is 0.320 e. The van der Waals surface area contributed by atoms with Crippen molar-refractivity contribution in [3.8, 4) is 0 Å². The van der Waals surface area contributed by atoms with E-state index < -0.39 is 0 Å². The van der Waals surface area contributed by atoms with Gasteiger partial charge in [-0.3, -0.25) is 4.79 Å². The molecule has 0 fully saturated rings. The second-order valence-electron chi connectivity index (χ2n) is 3.59. The third kappa shape index (κ3) is 5.24. The van der Waals surface area contributed by atoms with E-state index in [9.17, 15) is 4.79 Å². The van der Waals surface area contributed by atoms with Crippen molar-refractivity contribution in [1.82, 2.24) is 5.32 Å². The molecule has 0 spiro atoms. The van der Waals surface area contributed by atoms with E-state index in [2.05, 4.69) is 17.4 Å². The average molecular weight is 253 g/mol. The standard InChI is InChI=1S/C13H19NO2S/c1-3-16-13(15)12(17-2)10-14-9-11-7-5-4-6-8-11/h4-8,12,14H,3,9-10H2,1-2H3/t12-/m1/s1. The zero-order chi connectivity index (χ0) is 12.5. The summed E-state index contributed by atoms with van der Waals surface area (Å²) >= 11 is 1.52. The molecule has 0 aromatic heterocycles. The summed E-state index contributed by atoms with van der Waals surface area (Å²) in [5, 5.41) is 3.14. The zero-order valence-electron chi connectivity index (χ0n) is 10.3. The normalized spacial score (nSPS) is 12.1. The van der Waals surface area contributed by atoms with Gasteiger partial charge in [-0.1, -0.05) is 30.3 Å². The van der Waals surface area contributed by atoms with Crippen molar-refractivity contribution >= 4 is 17.7 Å². The van der Waals surface area contributed by atoms with Crippen LogP contribution in [0.2, 0.25) is 0 Å². The van der Waals surface area contributed by atoms with Gasteiger partial charge in [0.1, 0.15) is 5.25 Å². The molecular weight excluding hydrogens is 234 g/mol. The van der Waals surface area contributed by atoms with Crippen molar-refractivity contribution in [1.29, 1.82) is 0 Å². The van der Waals surface area contributed by atoms with Gasteiger partial charge in [0.05, 0.1) is 6.61 Å². The Bertz CT molecular complexity index is 329. The summed E-state index contributed by atoms with van der Waals surface area (Å²) in [4.78, 5) is 11.5. The third-order valence-electron chi connectivity index (χ3n) is 2.34. The molecule has 0 aliphatic heterocycles. The quantitative estimate of drug-likeness (QED) is 0.755. The Morgan fingerprint density at radius 3 is 2.71 bits per heavy atom. The van der Waals surface area contributed by atoms with E-state index in [0.717, 1.165) is 6.54 Å². The van der Waals surface area contributed by atoms with Crippen molar-refractivity contribution in [2.24, 2.45) is 0 Å². The molecule has 94 valence electrons. The van der Waals surface area contributed by atoms with Gasteiger partial charge >= 0.3 is 5.97 Å². The SMILES string of the molecule is CCOC(=O)[C@@H](CNCc1ccccc1)SC. The molecule has 0 unspecified atom stereocenters. The molecule has 1 N–H and O–H groups in total. The Morgan fingerprint density at radius 2 is 2.12 bits per heavy atom. The van der Waals surface area contributed by atoms with Gasteiger partial charge in [-0.25, -0.2) is 0 Å². The first-order chi connectivity index (χ1) is 8.27. The Hall–Kier alpha value is -1.00. The maximum Gasteiger partial charge on any atom is 0.320 e. The van der Waals surface area contributed by atoms with Gasteiger partial charge in [-0.15, -0.1) is 11.8 Å². The van der Waals surface area contributed by atoms with Crippen LogP contribution in [0.3, 0.4) is 0 Å². The molecule has 0 aliphatic carbocycles. The summed E-state index contributed by atoms with van der Waals surface area (Å²) in [6, 6.07) is 10.1. The van der Waals surface area contributed by atoms with Crippen LogP contribution in [0.25, 0.3) is 0 Å². The third-order valence-corrected chi connectivity index (χ3v) is 3.26. The van der Waals surface area contributed by atoms with E-state index in [-0.39, 0.29) is 11.2 Å². The van der Waals surface area contributed by atoms with Gasteiger partial charge < -0.3 is 10.1 Å². The van der Waals surface area contributed by atoms with E-state index in [0.29, 0.717) is 13.2 Å². The highest BCUT2D eigenvalue weighted by Crippen LogP contribution is 2.08. The summed E-state index contributed by atoms with van der Waals surface area (Å²) in [5.74, 6) is -0.138. The van der Waals surface area contributed by atoms with Gasteiger partial charge in [-0.05, 0) is 18.7 Å². The van der Waals surface area contributed by atoms with Gasteiger partial charge in [-0.2, -0.15) is 0 Å². The minimum atomic E-state index is -0.138. The van der Waals surface area contributed by atoms with Crippen LogP contribution in [0.5, 0.6) is 0 Å². The predicted octanol–water partition coefficient (Wildman–Crippen LogP) is 2.07. The van der Waals surface area contributed by atoms with Crippen LogP contribution < -0.4 is 5.32 Å². The van der Waals surface area contributed by atoms with Crippen LogP contribution in [-0.2, 0) is 16.1 Å². The predicted molar refractivity (Wildman–Crippen MR) is 72.1 cm³/mol. The largest absolute Gasteiger partial charge is 0.465 e. The lowest BCUT2D eigenvalue weighted by atomic mass is 10.2. The fourth-order valence-electron chi connectivity index (χ4n) is 1.44. The van der Waals surface area contributed by atoms with Crippen LogP contribution in [0.4, 0.5) is 0 Å². The van der Waals surface area contributed by atoms with E-state index in [4.69, 9.17) is 4.74 Å². The molecule has 3 nitrogen and oxygen atoms in total. The molecule has 1 rings (SSSR count). The first kappa shape index (κ1) is 14.1. The molecule has 0 aliphatic rings. The summed E-state index contributed by atoms with van der Waals surface area (Å²) in [7, 11) is 0. The first-order valence-corrected chi connectivity index (χ1v) is 7.00. The monoisotopic (exact) mass is 253 g/mol. The highest BCUT2D eigenvalue weighted by Gasteiger charge is 2.17. The van der Waals surface area contributed by atoms with Gasteiger partial charge in [0, 0.05) is 13.1 Å². The van der Waals surface area contributed by atoms with Crippen molar-refractivity contribution in [2.45, 2.75) is 18.7 Å². The van der Waals surface area contributed by atoms with Crippen LogP contribution >= 0.6 is 11.8 Å². The first-order valence-electron chi connectivity index (χ1n) is 5.72. The lowest BCUT2D eigenvalue weighted by Crippen LogP contribution is -2.32. The molecule has 0 heterocycles. The lowest BCUT2D eigenvalue weighted by molar-refractivity contribution is -0.142. The molecule has 4 heteroatoms. The molecule has 0 saturated heterocycles. The highest BCUT2D eigenvalue weighted by atomic mass is 32.2. The minimum absolute atomic E-state index is 0.126. The molecule has 1 aromatic rings. The summed E-state index contributed by atoms with van der Waals surface area (Å²) in [5.41, 5.74) is 1.22. The van der Waals surface area contributed by atoms with Crippen LogP contribution in [0.1, 0.15) is 12.5 Å². The average Bonchev–Trinajstić information content (AvgIpc) is 2.36. The van der Waals surface area contributed by atoms with E-state index in [1.54, 1.807) is 0 Å². The number of benzene rings is 1. The number of hydrogen-bond donors (Lipinski definition) is 1. The summed E-state index contributed by atoms with van der Waals surface area (Å²) < 4.78 is 5.00. The minimum Gasteiger partial charge on any atom is -0.465 e. The van der Waals surface area contributed by atoms with Crippen LogP contribution in [0, 0.1) is 0 Å². The molecule has 0 amide bonds. The lowest BCUT2D eigenvalue weighted by Gasteiger charge is -2.13. The number of esters is 1. The van der Waals surface area contributed by atoms with Gasteiger partial charge in [0.15, 0.2) is 0 Å². The summed E-state index contributed by atoms with van der Waals surface area (Å²) in [6.07, 6.45) is 1.92. The topological polar surface area (TPSA) is 38.3 Å². The second kappa shape index (κ2) is 8.14.